The summed E-state index contributed by atoms with van der Waals surface area (Å²) in [6.45, 7) is 0.876. The zero-order valence-electron chi connectivity index (χ0n) is 15.3. The molecule has 2 N–H and O–H groups in total. The molecule has 1 aromatic carbocycles. The SMILES string of the molecule is O=C(NC1CC2CCCC(C1)N2C(=S)NCCc1ccccc1)C1CC1. The van der Waals surface area contributed by atoms with E-state index in [0.717, 1.165) is 43.8 Å². The Kier molecular flexibility index (Phi) is 5.44. The zero-order valence-corrected chi connectivity index (χ0v) is 16.1. The number of benzene rings is 1. The van der Waals surface area contributed by atoms with Gasteiger partial charge < -0.3 is 15.5 Å². The summed E-state index contributed by atoms with van der Waals surface area (Å²) in [5, 5.41) is 7.69. The molecule has 2 atom stereocenters. The molecule has 1 amide bonds. The fraction of sp³-hybridized carbons (Fsp3) is 0.619. The van der Waals surface area contributed by atoms with Gasteiger partial charge in [0.05, 0.1) is 0 Å². The van der Waals surface area contributed by atoms with Crippen molar-refractivity contribution in [3.8, 4) is 0 Å². The molecule has 0 spiro atoms. The van der Waals surface area contributed by atoms with Crippen LogP contribution in [0.25, 0.3) is 0 Å². The minimum absolute atomic E-state index is 0.282. The summed E-state index contributed by atoms with van der Waals surface area (Å²) in [6.07, 6.45) is 8.87. The number of carbonyl (C=O) groups is 1. The summed E-state index contributed by atoms with van der Waals surface area (Å²) in [7, 11) is 0. The Balaban J connectivity index is 1.30. The molecule has 3 aliphatic rings. The lowest BCUT2D eigenvalue weighted by molar-refractivity contribution is -0.123. The second-order valence-electron chi connectivity index (χ2n) is 8.06. The van der Waals surface area contributed by atoms with Gasteiger partial charge in [0.15, 0.2) is 5.11 Å². The molecule has 4 rings (SSSR count). The molecule has 1 aromatic rings. The Labute approximate surface area is 161 Å². The summed E-state index contributed by atoms with van der Waals surface area (Å²) in [4.78, 5) is 14.6. The van der Waals surface area contributed by atoms with Crippen molar-refractivity contribution in [2.45, 2.75) is 69.5 Å². The maximum Gasteiger partial charge on any atom is 0.223 e. The predicted molar refractivity (Wildman–Crippen MR) is 108 cm³/mol. The van der Waals surface area contributed by atoms with E-state index in [0.29, 0.717) is 24.0 Å². The lowest BCUT2D eigenvalue weighted by Gasteiger charge is -2.50. The highest BCUT2D eigenvalue weighted by molar-refractivity contribution is 7.80. The first kappa shape index (κ1) is 17.8. The van der Waals surface area contributed by atoms with Gasteiger partial charge in [0.2, 0.25) is 5.91 Å². The van der Waals surface area contributed by atoms with Gasteiger partial charge >= 0.3 is 0 Å². The Morgan fingerprint density at radius 1 is 1.08 bits per heavy atom. The van der Waals surface area contributed by atoms with Crippen LogP contribution in [0.15, 0.2) is 30.3 Å². The van der Waals surface area contributed by atoms with Crippen LogP contribution in [-0.4, -0.2) is 40.6 Å². The molecule has 1 saturated carbocycles. The van der Waals surface area contributed by atoms with E-state index in [4.69, 9.17) is 12.2 Å². The van der Waals surface area contributed by atoms with Crippen molar-refractivity contribution < 1.29 is 4.79 Å². The quantitative estimate of drug-likeness (QED) is 0.781. The standard InChI is InChI=1S/C21H29N3OS/c25-20(16-9-10-16)23-17-13-18-7-4-8-19(14-17)24(18)21(26)22-12-11-15-5-2-1-3-6-15/h1-3,5-6,16-19H,4,7-14H2,(H,22,26)(H,23,25). The number of carbonyl (C=O) groups excluding carboxylic acids is 1. The van der Waals surface area contributed by atoms with E-state index in [1.165, 1.54) is 24.8 Å². The number of fused-ring (bicyclic) bond motifs is 2. The van der Waals surface area contributed by atoms with Crippen molar-refractivity contribution in [2.24, 2.45) is 5.92 Å². The Hall–Kier alpha value is -1.62. The normalized spacial score (nSPS) is 27.7. The third kappa shape index (κ3) is 4.20. The van der Waals surface area contributed by atoms with Gasteiger partial charge in [0.1, 0.15) is 0 Å². The predicted octanol–water partition coefficient (Wildman–Crippen LogP) is 3.02. The van der Waals surface area contributed by atoms with Crippen LogP contribution in [0.2, 0.25) is 0 Å². The average molecular weight is 372 g/mol. The first-order chi connectivity index (χ1) is 12.7. The van der Waals surface area contributed by atoms with Crippen molar-refractivity contribution in [1.82, 2.24) is 15.5 Å². The minimum Gasteiger partial charge on any atom is -0.362 e. The molecule has 2 unspecified atom stereocenters. The molecule has 2 bridgehead atoms. The number of amides is 1. The molecule has 3 fully saturated rings. The van der Waals surface area contributed by atoms with Crippen LogP contribution >= 0.6 is 12.2 Å². The van der Waals surface area contributed by atoms with Gasteiger partial charge in [-0.2, -0.15) is 0 Å². The maximum atomic E-state index is 12.1. The van der Waals surface area contributed by atoms with Gasteiger partial charge in [0, 0.05) is 30.6 Å². The fourth-order valence-corrected chi connectivity index (χ4v) is 4.95. The number of thiocarbonyl (C=S) groups is 1. The summed E-state index contributed by atoms with van der Waals surface area (Å²) in [5.41, 5.74) is 1.34. The van der Waals surface area contributed by atoms with E-state index in [-0.39, 0.29) is 5.91 Å². The smallest absolute Gasteiger partial charge is 0.223 e. The van der Waals surface area contributed by atoms with Crippen LogP contribution in [0.4, 0.5) is 0 Å². The second kappa shape index (κ2) is 7.95. The summed E-state index contributed by atoms with van der Waals surface area (Å²) in [6, 6.07) is 11.8. The van der Waals surface area contributed by atoms with Crippen LogP contribution in [-0.2, 0) is 11.2 Å². The third-order valence-corrected chi connectivity index (χ3v) is 6.39. The van der Waals surface area contributed by atoms with E-state index >= 15 is 0 Å². The molecule has 0 radical (unpaired) electrons. The number of nitrogens with one attached hydrogen (secondary N) is 2. The Morgan fingerprint density at radius 3 is 2.42 bits per heavy atom. The maximum absolute atomic E-state index is 12.1. The molecule has 5 heteroatoms. The highest BCUT2D eigenvalue weighted by Crippen LogP contribution is 2.35. The van der Waals surface area contributed by atoms with Crippen LogP contribution < -0.4 is 10.6 Å². The second-order valence-corrected chi connectivity index (χ2v) is 8.45. The van der Waals surface area contributed by atoms with Crippen molar-refractivity contribution in [3.63, 3.8) is 0 Å². The highest BCUT2D eigenvalue weighted by Gasteiger charge is 2.41. The van der Waals surface area contributed by atoms with E-state index in [1.54, 1.807) is 0 Å². The highest BCUT2D eigenvalue weighted by atomic mass is 32.1. The first-order valence-corrected chi connectivity index (χ1v) is 10.5. The lowest BCUT2D eigenvalue weighted by Crippen LogP contribution is -2.61. The molecule has 0 aromatic heterocycles. The molecular weight excluding hydrogens is 342 g/mol. The first-order valence-electron chi connectivity index (χ1n) is 10.1. The topological polar surface area (TPSA) is 44.4 Å². The number of rotatable bonds is 5. The molecule has 2 heterocycles. The number of hydrogen-bond donors (Lipinski definition) is 2. The monoisotopic (exact) mass is 371 g/mol. The van der Waals surface area contributed by atoms with Gasteiger partial charge in [-0.3, -0.25) is 4.79 Å². The molecule has 2 aliphatic heterocycles. The number of hydrogen-bond acceptors (Lipinski definition) is 2. The van der Waals surface area contributed by atoms with Gasteiger partial charge in [0.25, 0.3) is 0 Å². The van der Waals surface area contributed by atoms with Crippen molar-refractivity contribution in [1.29, 1.82) is 0 Å². The largest absolute Gasteiger partial charge is 0.362 e. The molecular formula is C21H29N3OS. The van der Waals surface area contributed by atoms with Gasteiger partial charge in [-0.05, 0) is 69.1 Å². The number of piperidine rings is 2. The van der Waals surface area contributed by atoms with Crippen LogP contribution in [0.1, 0.15) is 50.5 Å². The molecule has 2 saturated heterocycles. The molecule has 1 aliphatic carbocycles. The van der Waals surface area contributed by atoms with Crippen LogP contribution in [0.5, 0.6) is 0 Å². The van der Waals surface area contributed by atoms with E-state index in [2.05, 4.69) is 45.9 Å². The third-order valence-electron chi connectivity index (χ3n) is 6.04. The van der Waals surface area contributed by atoms with E-state index < -0.39 is 0 Å². The van der Waals surface area contributed by atoms with Gasteiger partial charge in [-0.1, -0.05) is 30.3 Å². The summed E-state index contributed by atoms with van der Waals surface area (Å²) in [5.74, 6) is 0.582. The van der Waals surface area contributed by atoms with E-state index in [1.807, 2.05) is 0 Å². The Bertz CT molecular complexity index is 632. The Morgan fingerprint density at radius 2 is 1.77 bits per heavy atom. The van der Waals surface area contributed by atoms with Crippen molar-refractivity contribution in [3.05, 3.63) is 35.9 Å². The van der Waals surface area contributed by atoms with Crippen LogP contribution in [0.3, 0.4) is 0 Å². The van der Waals surface area contributed by atoms with Crippen molar-refractivity contribution >= 4 is 23.2 Å². The summed E-state index contributed by atoms with van der Waals surface area (Å²) >= 11 is 5.75. The molecule has 26 heavy (non-hydrogen) atoms. The molecule has 4 nitrogen and oxygen atoms in total. The van der Waals surface area contributed by atoms with Gasteiger partial charge in [-0.15, -0.1) is 0 Å². The number of nitrogens with zero attached hydrogens (tertiary/aromatic N) is 1. The minimum atomic E-state index is 0.282. The molecule has 140 valence electrons. The average Bonchev–Trinajstić information content (AvgIpc) is 3.47. The van der Waals surface area contributed by atoms with Crippen LogP contribution in [0, 0.1) is 5.92 Å². The zero-order chi connectivity index (χ0) is 17.9. The van der Waals surface area contributed by atoms with Crippen molar-refractivity contribution in [2.75, 3.05) is 6.54 Å². The fourth-order valence-electron chi connectivity index (χ4n) is 4.55. The van der Waals surface area contributed by atoms with E-state index in [9.17, 15) is 4.79 Å². The van der Waals surface area contributed by atoms with Gasteiger partial charge in [-0.25, -0.2) is 0 Å². The lowest BCUT2D eigenvalue weighted by atomic mass is 9.82. The summed E-state index contributed by atoms with van der Waals surface area (Å²) < 4.78 is 0.